The first-order valence-electron chi connectivity index (χ1n) is 7.65. The van der Waals surface area contributed by atoms with Crippen LogP contribution in [0.2, 0.25) is 5.02 Å². The van der Waals surface area contributed by atoms with Crippen LogP contribution in [-0.4, -0.2) is 17.2 Å². The van der Waals surface area contributed by atoms with Gasteiger partial charge in [0.1, 0.15) is 5.76 Å². The third-order valence-electron chi connectivity index (χ3n) is 4.00. The number of nitrogens with zero attached hydrogens (tertiary/aromatic N) is 1. The lowest BCUT2D eigenvalue weighted by Crippen LogP contribution is -1.95. The normalized spacial score (nSPS) is 11.8. The van der Waals surface area contributed by atoms with Gasteiger partial charge >= 0.3 is 0 Å². The Labute approximate surface area is 146 Å². The van der Waals surface area contributed by atoms with Crippen LogP contribution in [0.5, 0.6) is 5.88 Å². The Morgan fingerprint density at radius 2 is 1.92 bits per heavy atom. The molecule has 0 fully saturated rings. The van der Waals surface area contributed by atoms with Gasteiger partial charge in [0.15, 0.2) is 0 Å². The number of methoxy groups -OCH3 is 1. The number of pyridine rings is 1. The Morgan fingerprint density at radius 3 is 2.62 bits per heavy atom. The SMILES string of the molecule is CC=C(O)c1ccc2ccc(Cl)c(-c3ccc(C)nc3OC)c2c1. The molecule has 24 heavy (non-hydrogen) atoms. The van der Waals surface area contributed by atoms with Crippen molar-refractivity contribution in [2.24, 2.45) is 0 Å². The van der Waals surface area contributed by atoms with Crippen LogP contribution < -0.4 is 4.74 Å². The number of ether oxygens (including phenoxy) is 1. The summed E-state index contributed by atoms with van der Waals surface area (Å²) in [4.78, 5) is 4.45. The molecule has 0 saturated carbocycles. The summed E-state index contributed by atoms with van der Waals surface area (Å²) in [5, 5.41) is 12.6. The first-order valence-corrected chi connectivity index (χ1v) is 8.03. The largest absolute Gasteiger partial charge is 0.508 e. The van der Waals surface area contributed by atoms with E-state index in [9.17, 15) is 5.11 Å². The van der Waals surface area contributed by atoms with E-state index in [0.717, 1.165) is 33.2 Å². The van der Waals surface area contributed by atoms with Crippen LogP contribution in [-0.2, 0) is 0 Å². The number of aliphatic hydroxyl groups excluding tert-OH is 1. The number of aliphatic hydroxyl groups is 1. The van der Waals surface area contributed by atoms with Gasteiger partial charge < -0.3 is 9.84 Å². The minimum Gasteiger partial charge on any atom is -0.508 e. The molecule has 0 saturated heterocycles. The molecule has 1 N–H and O–H groups in total. The third kappa shape index (κ3) is 2.83. The molecule has 1 aromatic heterocycles. The summed E-state index contributed by atoms with van der Waals surface area (Å²) in [5.41, 5.74) is 3.30. The van der Waals surface area contributed by atoms with Crippen LogP contribution in [0.15, 0.2) is 48.5 Å². The lowest BCUT2D eigenvalue weighted by Gasteiger charge is -2.14. The van der Waals surface area contributed by atoms with E-state index in [1.807, 2.05) is 49.4 Å². The molecule has 0 aliphatic heterocycles. The van der Waals surface area contributed by atoms with Crippen LogP contribution in [0.3, 0.4) is 0 Å². The molecule has 1 heterocycles. The predicted molar refractivity (Wildman–Crippen MR) is 99.8 cm³/mol. The Hall–Kier alpha value is -2.52. The molecule has 0 aliphatic rings. The first kappa shape index (κ1) is 16.3. The third-order valence-corrected chi connectivity index (χ3v) is 4.32. The van der Waals surface area contributed by atoms with Crippen molar-refractivity contribution in [2.75, 3.05) is 7.11 Å². The second kappa shape index (κ2) is 6.54. The molecular formula is C20H18ClNO2. The number of benzene rings is 2. The molecule has 3 nitrogen and oxygen atoms in total. The summed E-state index contributed by atoms with van der Waals surface area (Å²) in [5.74, 6) is 0.766. The average molecular weight is 340 g/mol. The minimum atomic E-state index is 0.233. The molecule has 0 aliphatic carbocycles. The van der Waals surface area contributed by atoms with E-state index in [1.54, 1.807) is 20.1 Å². The van der Waals surface area contributed by atoms with Crippen molar-refractivity contribution < 1.29 is 9.84 Å². The Balaban J connectivity index is 2.36. The molecule has 0 bridgehead atoms. The van der Waals surface area contributed by atoms with Gasteiger partial charge in [0.2, 0.25) is 5.88 Å². The van der Waals surface area contributed by atoms with Crippen molar-refractivity contribution in [2.45, 2.75) is 13.8 Å². The highest BCUT2D eigenvalue weighted by atomic mass is 35.5. The zero-order chi connectivity index (χ0) is 17.3. The fourth-order valence-corrected chi connectivity index (χ4v) is 3.04. The Morgan fingerprint density at radius 1 is 1.17 bits per heavy atom. The maximum atomic E-state index is 10.0. The van der Waals surface area contributed by atoms with E-state index in [2.05, 4.69) is 4.98 Å². The molecule has 0 spiro atoms. The van der Waals surface area contributed by atoms with Gasteiger partial charge in [-0.3, -0.25) is 0 Å². The van der Waals surface area contributed by atoms with Crippen LogP contribution in [0, 0.1) is 6.92 Å². The Bertz CT molecular complexity index is 948. The lowest BCUT2D eigenvalue weighted by molar-refractivity contribution is 0.399. The fourth-order valence-electron chi connectivity index (χ4n) is 2.77. The van der Waals surface area contributed by atoms with Crippen LogP contribution >= 0.6 is 11.6 Å². The standard InChI is InChI=1S/C20H18ClNO2/c1-4-18(23)14-7-6-13-8-10-17(21)19(16(13)11-14)15-9-5-12(2)22-20(15)24-3/h4-11,23H,1-3H3. The molecule has 2 aromatic carbocycles. The molecular weight excluding hydrogens is 322 g/mol. The molecule has 0 unspecified atom stereocenters. The summed E-state index contributed by atoms with van der Waals surface area (Å²) in [7, 11) is 1.60. The fraction of sp³-hybridized carbons (Fsp3) is 0.150. The van der Waals surface area contributed by atoms with E-state index in [4.69, 9.17) is 16.3 Å². The van der Waals surface area contributed by atoms with E-state index in [0.29, 0.717) is 10.9 Å². The van der Waals surface area contributed by atoms with E-state index < -0.39 is 0 Å². The van der Waals surface area contributed by atoms with Crippen LogP contribution in [0.4, 0.5) is 0 Å². The lowest BCUT2D eigenvalue weighted by atomic mass is 9.96. The van der Waals surface area contributed by atoms with E-state index in [-0.39, 0.29) is 5.76 Å². The first-order chi connectivity index (χ1) is 11.5. The van der Waals surface area contributed by atoms with Gasteiger partial charge in [-0.05, 0) is 55.0 Å². The number of fused-ring (bicyclic) bond motifs is 1. The summed E-state index contributed by atoms with van der Waals surface area (Å²) >= 11 is 6.51. The number of aromatic nitrogens is 1. The van der Waals surface area contributed by atoms with Crippen molar-refractivity contribution in [1.82, 2.24) is 4.98 Å². The quantitative estimate of drug-likeness (QED) is 0.614. The number of hydrogen-bond donors (Lipinski definition) is 1. The smallest absolute Gasteiger partial charge is 0.221 e. The molecule has 4 heteroatoms. The second-order valence-electron chi connectivity index (χ2n) is 5.54. The number of allylic oxidation sites excluding steroid dienone is 1. The van der Waals surface area contributed by atoms with Crippen molar-refractivity contribution in [3.05, 3.63) is 64.8 Å². The molecule has 0 radical (unpaired) electrons. The van der Waals surface area contributed by atoms with E-state index in [1.165, 1.54) is 0 Å². The van der Waals surface area contributed by atoms with Gasteiger partial charge in [0.05, 0.1) is 7.11 Å². The molecule has 3 aromatic rings. The monoisotopic (exact) mass is 339 g/mol. The maximum absolute atomic E-state index is 10.0. The average Bonchev–Trinajstić information content (AvgIpc) is 2.61. The highest BCUT2D eigenvalue weighted by Crippen LogP contribution is 2.40. The number of rotatable bonds is 3. The van der Waals surface area contributed by atoms with Crippen molar-refractivity contribution in [3.8, 4) is 17.0 Å². The second-order valence-corrected chi connectivity index (χ2v) is 5.95. The number of aryl methyl sites for hydroxylation is 1. The van der Waals surface area contributed by atoms with Crippen molar-refractivity contribution in [1.29, 1.82) is 0 Å². The predicted octanol–water partition coefficient (Wildman–Crippen LogP) is 5.79. The highest BCUT2D eigenvalue weighted by molar-refractivity contribution is 6.35. The zero-order valence-electron chi connectivity index (χ0n) is 13.8. The van der Waals surface area contributed by atoms with Crippen LogP contribution in [0.25, 0.3) is 27.7 Å². The summed E-state index contributed by atoms with van der Waals surface area (Å²) in [6, 6.07) is 13.5. The van der Waals surface area contributed by atoms with Crippen LogP contribution in [0.1, 0.15) is 18.2 Å². The van der Waals surface area contributed by atoms with Gasteiger partial charge in [0, 0.05) is 27.4 Å². The van der Waals surface area contributed by atoms with Gasteiger partial charge in [-0.2, -0.15) is 0 Å². The van der Waals surface area contributed by atoms with Gasteiger partial charge in [-0.15, -0.1) is 0 Å². The van der Waals surface area contributed by atoms with E-state index >= 15 is 0 Å². The summed E-state index contributed by atoms with van der Waals surface area (Å²) < 4.78 is 5.45. The molecule has 0 atom stereocenters. The Kier molecular flexibility index (Phi) is 4.45. The van der Waals surface area contributed by atoms with Gasteiger partial charge in [-0.1, -0.05) is 29.8 Å². The van der Waals surface area contributed by atoms with Crippen molar-refractivity contribution >= 4 is 28.1 Å². The molecule has 3 rings (SSSR count). The maximum Gasteiger partial charge on any atom is 0.221 e. The topological polar surface area (TPSA) is 42.4 Å². The highest BCUT2D eigenvalue weighted by Gasteiger charge is 2.15. The number of hydrogen-bond acceptors (Lipinski definition) is 3. The van der Waals surface area contributed by atoms with Crippen molar-refractivity contribution in [3.63, 3.8) is 0 Å². The zero-order valence-corrected chi connectivity index (χ0v) is 14.6. The minimum absolute atomic E-state index is 0.233. The van der Waals surface area contributed by atoms with Gasteiger partial charge in [-0.25, -0.2) is 4.98 Å². The molecule has 122 valence electrons. The summed E-state index contributed by atoms with van der Waals surface area (Å²) in [6.45, 7) is 3.71. The summed E-state index contributed by atoms with van der Waals surface area (Å²) in [6.07, 6.45) is 1.67. The number of halogens is 1. The molecule has 0 amide bonds. The van der Waals surface area contributed by atoms with Gasteiger partial charge in [0.25, 0.3) is 0 Å².